The van der Waals surface area contributed by atoms with Crippen LogP contribution in [-0.4, -0.2) is 24.4 Å². The number of rotatable bonds is 4. The molecule has 0 spiro atoms. The van der Waals surface area contributed by atoms with Gasteiger partial charge < -0.3 is 10.6 Å². The van der Waals surface area contributed by atoms with E-state index >= 15 is 0 Å². The van der Waals surface area contributed by atoms with E-state index in [1.807, 2.05) is 18.2 Å². The second kappa shape index (κ2) is 7.21. The monoisotopic (exact) mass is 370 g/mol. The van der Waals surface area contributed by atoms with E-state index in [1.54, 1.807) is 12.1 Å². The predicted molar refractivity (Wildman–Crippen MR) is 100 cm³/mol. The Morgan fingerprint density at radius 3 is 2.07 bits per heavy atom. The Morgan fingerprint density at radius 1 is 0.889 bits per heavy atom. The molecule has 0 atom stereocenters. The van der Waals surface area contributed by atoms with Crippen LogP contribution in [0.25, 0.3) is 0 Å². The van der Waals surface area contributed by atoms with Crippen LogP contribution in [0.3, 0.4) is 0 Å². The number of hydrazine groups is 1. The number of amides is 4. The van der Waals surface area contributed by atoms with Crippen LogP contribution in [0.4, 0.5) is 10.5 Å². The molecule has 1 aromatic rings. The lowest BCUT2D eigenvalue weighted by Crippen LogP contribution is -2.57. The van der Waals surface area contributed by atoms with Crippen LogP contribution in [0.5, 0.6) is 0 Å². The van der Waals surface area contributed by atoms with Crippen LogP contribution >= 0.6 is 0 Å². The molecule has 0 aromatic heterocycles. The summed E-state index contributed by atoms with van der Waals surface area (Å²) >= 11 is 0. The molecule has 5 rings (SSSR count). The number of urea groups is 1. The number of anilines is 1. The molecular formula is C20H26N4O3. The van der Waals surface area contributed by atoms with Crippen molar-refractivity contribution in [2.45, 2.75) is 38.5 Å². The molecule has 7 nitrogen and oxygen atoms in total. The smallest absolute Gasteiger partial charge is 0.319 e. The number of nitrogens with one attached hydrogen (secondary N) is 4. The third kappa shape index (κ3) is 3.91. The van der Waals surface area contributed by atoms with Gasteiger partial charge in [-0.25, -0.2) is 4.79 Å². The Hall–Kier alpha value is -2.57. The van der Waals surface area contributed by atoms with E-state index in [2.05, 4.69) is 21.5 Å². The first-order chi connectivity index (χ1) is 13.0. The summed E-state index contributed by atoms with van der Waals surface area (Å²) in [4.78, 5) is 36.5. The minimum atomic E-state index is -0.469. The molecule has 4 saturated carbocycles. The lowest BCUT2D eigenvalue weighted by molar-refractivity contribution is -0.148. The highest BCUT2D eigenvalue weighted by Crippen LogP contribution is 2.59. The highest BCUT2D eigenvalue weighted by molar-refractivity contribution is 5.93. The maximum Gasteiger partial charge on any atom is 0.319 e. The van der Waals surface area contributed by atoms with E-state index in [1.165, 1.54) is 19.3 Å². The predicted octanol–water partition coefficient (Wildman–Crippen LogP) is 2.17. The van der Waals surface area contributed by atoms with Crippen LogP contribution in [0.1, 0.15) is 38.5 Å². The zero-order chi connectivity index (χ0) is 18.9. The zero-order valence-electron chi connectivity index (χ0n) is 15.3. The van der Waals surface area contributed by atoms with Crippen LogP contribution in [0.15, 0.2) is 30.3 Å². The minimum absolute atomic E-state index is 0.0660. The third-order valence-corrected chi connectivity index (χ3v) is 6.28. The molecule has 4 aliphatic carbocycles. The molecule has 4 fully saturated rings. The van der Waals surface area contributed by atoms with Crippen LogP contribution < -0.4 is 21.5 Å². The van der Waals surface area contributed by atoms with Gasteiger partial charge in [0, 0.05) is 5.69 Å². The Morgan fingerprint density at radius 2 is 1.48 bits per heavy atom. The Balaban J connectivity index is 1.21. The lowest BCUT2D eigenvalue weighted by atomic mass is 9.49. The van der Waals surface area contributed by atoms with Gasteiger partial charge in [0.2, 0.25) is 5.91 Å². The molecular weight excluding hydrogens is 344 g/mol. The normalized spacial score (nSPS) is 30.4. The van der Waals surface area contributed by atoms with E-state index in [9.17, 15) is 14.4 Å². The Labute approximate surface area is 158 Å². The number of para-hydroxylation sites is 1. The van der Waals surface area contributed by atoms with Crippen LogP contribution in [0.2, 0.25) is 0 Å². The summed E-state index contributed by atoms with van der Waals surface area (Å²) in [5.74, 6) is 1.49. The molecule has 144 valence electrons. The van der Waals surface area contributed by atoms with E-state index in [-0.39, 0.29) is 17.9 Å². The van der Waals surface area contributed by atoms with Crippen molar-refractivity contribution >= 4 is 23.5 Å². The first-order valence-corrected chi connectivity index (χ1v) is 9.72. The number of hydrogen-bond acceptors (Lipinski definition) is 3. The average molecular weight is 370 g/mol. The maximum atomic E-state index is 12.8. The van der Waals surface area contributed by atoms with Crippen molar-refractivity contribution in [3.05, 3.63) is 30.3 Å². The van der Waals surface area contributed by atoms with E-state index in [4.69, 9.17) is 0 Å². The van der Waals surface area contributed by atoms with E-state index < -0.39 is 11.9 Å². The molecule has 4 bridgehead atoms. The third-order valence-electron chi connectivity index (χ3n) is 6.28. The second-order valence-electron chi connectivity index (χ2n) is 8.37. The van der Waals surface area contributed by atoms with Crippen LogP contribution in [0, 0.1) is 23.2 Å². The summed E-state index contributed by atoms with van der Waals surface area (Å²) in [6.07, 6.45) is 6.62. The molecule has 0 saturated heterocycles. The minimum Gasteiger partial charge on any atom is -0.329 e. The highest BCUT2D eigenvalue weighted by Gasteiger charge is 2.54. The largest absolute Gasteiger partial charge is 0.329 e. The summed E-state index contributed by atoms with van der Waals surface area (Å²) in [5, 5.41) is 5.11. The van der Waals surface area contributed by atoms with Gasteiger partial charge in [0.25, 0.3) is 5.91 Å². The SMILES string of the molecule is O=C(CNC(=O)Nc1ccccc1)NNC(=O)C12CC3CC(CC(C3)C1)C2. The summed E-state index contributed by atoms with van der Waals surface area (Å²) in [5.41, 5.74) is 5.39. The lowest BCUT2D eigenvalue weighted by Gasteiger charge is -2.55. The topological polar surface area (TPSA) is 99.3 Å². The van der Waals surface area contributed by atoms with Gasteiger partial charge in [-0.1, -0.05) is 18.2 Å². The molecule has 4 amide bonds. The van der Waals surface area contributed by atoms with Gasteiger partial charge in [0.05, 0.1) is 5.41 Å². The van der Waals surface area contributed by atoms with Gasteiger partial charge in [-0.05, 0) is 68.4 Å². The van der Waals surface area contributed by atoms with Crippen molar-refractivity contribution in [1.82, 2.24) is 16.2 Å². The molecule has 0 heterocycles. The molecule has 0 radical (unpaired) electrons. The fraction of sp³-hybridized carbons (Fsp3) is 0.550. The number of benzene rings is 1. The molecule has 4 aliphatic rings. The fourth-order valence-electron chi connectivity index (χ4n) is 5.55. The molecule has 27 heavy (non-hydrogen) atoms. The van der Waals surface area contributed by atoms with Crippen molar-refractivity contribution in [2.24, 2.45) is 23.2 Å². The van der Waals surface area contributed by atoms with E-state index in [0.29, 0.717) is 23.4 Å². The van der Waals surface area contributed by atoms with Gasteiger partial charge in [-0.15, -0.1) is 0 Å². The molecule has 0 unspecified atom stereocenters. The van der Waals surface area contributed by atoms with Gasteiger partial charge in [0.15, 0.2) is 0 Å². The summed E-state index contributed by atoms with van der Waals surface area (Å²) in [7, 11) is 0. The standard InChI is InChI=1S/C20H26N4O3/c25-17(12-21-19(27)22-16-4-2-1-3-5-16)23-24-18(26)20-9-13-6-14(10-20)8-15(7-13)11-20/h1-5,13-15H,6-12H2,(H,23,25)(H,24,26)(H2,21,22,27). The van der Waals surface area contributed by atoms with Crippen LogP contribution in [-0.2, 0) is 9.59 Å². The van der Waals surface area contributed by atoms with Gasteiger partial charge in [-0.2, -0.15) is 0 Å². The first-order valence-electron chi connectivity index (χ1n) is 9.72. The average Bonchev–Trinajstić information content (AvgIpc) is 2.64. The number of hydrogen-bond donors (Lipinski definition) is 4. The maximum absolute atomic E-state index is 12.8. The molecule has 1 aromatic carbocycles. The van der Waals surface area contributed by atoms with E-state index in [0.717, 1.165) is 19.3 Å². The van der Waals surface area contributed by atoms with Crippen molar-refractivity contribution in [3.63, 3.8) is 0 Å². The van der Waals surface area contributed by atoms with Crippen molar-refractivity contribution in [1.29, 1.82) is 0 Å². The number of carbonyl (C=O) groups excluding carboxylic acids is 3. The summed E-state index contributed by atoms with van der Waals surface area (Å²) < 4.78 is 0. The van der Waals surface area contributed by atoms with Crippen molar-refractivity contribution in [2.75, 3.05) is 11.9 Å². The highest BCUT2D eigenvalue weighted by atomic mass is 16.2. The summed E-state index contributed by atoms with van der Waals surface area (Å²) in [6, 6.07) is 8.51. The Bertz CT molecular complexity index is 699. The summed E-state index contributed by atoms with van der Waals surface area (Å²) in [6.45, 7) is -0.209. The quantitative estimate of drug-likeness (QED) is 0.611. The second-order valence-corrected chi connectivity index (χ2v) is 8.37. The molecule has 4 N–H and O–H groups in total. The van der Waals surface area contributed by atoms with Gasteiger partial charge in [0.1, 0.15) is 6.54 Å². The molecule has 0 aliphatic heterocycles. The Kier molecular flexibility index (Phi) is 4.76. The van der Waals surface area contributed by atoms with Gasteiger partial charge in [-0.3, -0.25) is 20.4 Å². The van der Waals surface area contributed by atoms with Crippen molar-refractivity contribution in [3.8, 4) is 0 Å². The molecule has 7 heteroatoms. The number of carbonyl (C=O) groups is 3. The first kappa shape index (κ1) is 17.8. The zero-order valence-corrected chi connectivity index (χ0v) is 15.3. The van der Waals surface area contributed by atoms with Crippen molar-refractivity contribution < 1.29 is 14.4 Å². The fourth-order valence-corrected chi connectivity index (χ4v) is 5.55. The van der Waals surface area contributed by atoms with Gasteiger partial charge >= 0.3 is 6.03 Å².